The van der Waals surface area contributed by atoms with Crippen LogP contribution in [0.1, 0.15) is 111 Å². The minimum Gasteiger partial charge on any atom is -0.311 e. The second-order valence-electron chi connectivity index (χ2n) is 21.6. The van der Waals surface area contributed by atoms with Gasteiger partial charge >= 0.3 is 0 Å². The lowest BCUT2D eigenvalue weighted by Gasteiger charge is -2.43. The average Bonchev–Trinajstić information content (AvgIpc) is 3.60. The first-order chi connectivity index (χ1) is 28.7. The quantitative estimate of drug-likeness (QED) is 0.166. The highest BCUT2D eigenvalue weighted by molar-refractivity contribution is 7.00. The Bertz CT molecular complexity index is 2770. The zero-order valence-corrected chi connectivity index (χ0v) is 38.6. The Morgan fingerprint density at radius 1 is 0.443 bits per heavy atom. The van der Waals surface area contributed by atoms with Crippen LogP contribution in [-0.4, -0.2) is 16.3 Å². The van der Waals surface area contributed by atoms with Crippen molar-refractivity contribution in [3.8, 4) is 17.1 Å². The smallest absolute Gasteiger partial charge is 0.277 e. The predicted molar refractivity (Wildman–Crippen MR) is 263 cm³/mol. The number of aryl methyl sites for hydroxylation is 1. The molecule has 9 rings (SSSR count). The minimum absolute atomic E-state index is 0.0227. The fourth-order valence-corrected chi connectivity index (χ4v) is 9.30. The van der Waals surface area contributed by atoms with E-state index >= 15 is 0 Å². The van der Waals surface area contributed by atoms with Crippen molar-refractivity contribution in [1.29, 1.82) is 0 Å². The van der Waals surface area contributed by atoms with Crippen molar-refractivity contribution in [3.05, 3.63) is 161 Å². The van der Waals surface area contributed by atoms with Gasteiger partial charge < -0.3 is 4.90 Å². The summed E-state index contributed by atoms with van der Waals surface area (Å²) in [5.74, 6) is 2.02. The maximum absolute atomic E-state index is 5.90. The fraction of sp³-hybridized carbons (Fsp3) is 0.304. The molecule has 1 aromatic heterocycles. The van der Waals surface area contributed by atoms with E-state index in [9.17, 15) is 0 Å². The molecule has 2 aliphatic rings. The molecule has 0 atom stereocenters. The third-order valence-electron chi connectivity index (χ3n) is 12.9. The Balaban J connectivity index is 1.40. The van der Waals surface area contributed by atoms with Crippen LogP contribution in [-0.2, 0) is 21.7 Å². The summed E-state index contributed by atoms with van der Waals surface area (Å²) >= 11 is 0. The first-order valence-corrected chi connectivity index (χ1v) is 22.1. The number of rotatable bonds is 4. The number of fused-ring (bicyclic) bond motifs is 4. The number of anilines is 6. The van der Waals surface area contributed by atoms with Crippen LogP contribution in [0.15, 0.2) is 133 Å². The Kier molecular flexibility index (Phi) is 9.40. The number of aromatic nitrogens is 2. The molecule has 0 spiro atoms. The number of para-hydroxylation sites is 1. The normalized spacial score (nSPS) is 13.9. The third-order valence-corrected chi connectivity index (χ3v) is 12.9. The summed E-state index contributed by atoms with van der Waals surface area (Å²) < 4.78 is 2.43. The van der Waals surface area contributed by atoms with Gasteiger partial charge in [0.05, 0.1) is 5.59 Å². The van der Waals surface area contributed by atoms with Gasteiger partial charge in [0.2, 0.25) is 0 Å². The molecule has 0 amide bonds. The van der Waals surface area contributed by atoms with Crippen molar-refractivity contribution >= 4 is 57.5 Å². The Hall–Kier alpha value is -5.81. The van der Waals surface area contributed by atoms with Crippen LogP contribution in [0, 0.1) is 6.92 Å². The topological polar surface area (TPSA) is 24.3 Å². The van der Waals surface area contributed by atoms with Crippen LogP contribution in [0.2, 0.25) is 0 Å². The summed E-state index contributed by atoms with van der Waals surface area (Å²) in [7, 11) is 0. The summed E-state index contributed by atoms with van der Waals surface area (Å²) in [6.45, 7) is 29.7. The highest BCUT2D eigenvalue weighted by Crippen LogP contribution is 2.47. The maximum atomic E-state index is 5.90. The zero-order valence-electron chi connectivity index (χ0n) is 38.6. The molecule has 0 saturated carbocycles. The van der Waals surface area contributed by atoms with Gasteiger partial charge in [0.25, 0.3) is 6.71 Å². The second kappa shape index (κ2) is 14.1. The number of nitrogens with zero attached hydrogens (tertiary/aromatic N) is 4. The maximum Gasteiger partial charge on any atom is 0.277 e. The number of imidazole rings is 1. The van der Waals surface area contributed by atoms with Crippen molar-refractivity contribution in [2.24, 2.45) is 0 Å². The molecule has 5 heteroatoms. The van der Waals surface area contributed by atoms with Crippen LogP contribution in [0.3, 0.4) is 0 Å². The summed E-state index contributed by atoms with van der Waals surface area (Å²) in [5, 5.41) is 0. The van der Waals surface area contributed by atoms with Crippen LogP contribution in [0.25, 0.3) is 17.1 Å². The molecule has 0 radical (unpaired) electrons. The highest BCUT2D eigenvalue weighted by Gasteiger charge is 2.47. The molecule has 7 aromatic rings. The molecule has 2 aliphatic heterocycles. The lowest BCUT2D eigenvalue weighted by atomic mass is 9.35. The van der Waals surface area contributed by atoms with Gasteiger partial charge in [-0.2, -0.15) is 0 Å². The van der Waals surface area contributed by atoms with E-state index in [1.165, 1.54) is 55.8 Å². The molecule has 4 nitrogen and oxygen atoms in total. The molecule has 0 fully saturated rings. The number of benzene rings is 6. The van der Waals surface area contributed by atoms with Crippen LogP contribution < -0.4 is 26.3 Å². The first kappa shape index (κ1) is 40.6. The third kappa shape index (κ3) is 7.00. The molecule has 0 bridgehead atoms. The van der Waals surface area contributed by atoms with Crippen LogP contribution >= 0.6 is 0 Å². The average molecular weight is 801 g/mol. The van der Waals surface area contributed by atoms with E-state index in [1.54, 1.807) is 0 Å². The molecule has 6 aromatic carbocycles. The van der Waals surface area contributed by atoms with Crippen LogP contribution in [0.4, 0.5) is 34.3 Å². The largest absolute Gasteiger partial charge is 0.311 e. The Morgan fingerprint density at radius 3 is 1.41 bits per heavy atom. The lowest BCUT2D eigenvalue weighted by molar-refractivity contribution is 0.590. The van der Waals surface area contributed by atoms with E-state index in [2.05, 4.69) is 238 Å². The molecule has 308 valence electrons. The van der Waals surface area contributed by atoms with Crippen molar-refractivity contribution in [1.82, 2.24) is 9.55 Å². The Labute approximate surface area is 365 Å². The molecule has 0 saturated heterocycles. The van der Waals surface area contributed by atoms with Crippen molar-refractivity contribution < 1.29 is 0 Å². The number of hydrogen-bond donors (Lipinski definition) is 0. The summed E-state index contributed by atoms with van der Waals surface area (Å²) in [4.78, 5) is 10.9. The van der Waals surface area contributed by atoms with Gasteiger partial charge in [-0.05, 0) is 122 Å². The van der Waals surface area contributed by atoms with Crippen molar-refractivity contribution in [2.45, 2.75) is 112 Å². The van der Waals surface area contributed by atoms with Gasteiger partial charge in [-0.25, -0.2) is 4.98 Å². The van der Waals surface area contributed by atoms with Gasteiger partial charge in [-0.3, -0.25) is 9.47 Å². The summed E-state index contributed by atoms with van der Waals surface area (Å²) in [6, 6.07) is 50.5. The van der Waals surface area contributed by atoms with E-state index in [0.29, 0.717) is 0 Å². The summed E-state index contributed by atoms with van der Waals surface area (Å²) in [5.41, 5.74) is 18.2. The van der Waals surface area contributed by atoms with E-state index < -0.39 is 0 Å². The molecule has 3 heterocycles. The molecule has 61 heavy (non-hydrogen) atoms. The standard InChI is InChI=1S/C56H61BN4/c1-36-33-47-49-48(34-36)60(44-30-25-40(26-31-44)55(8,9)10)52-50(58-51(61(52)42-17-15-14-16-18-42)37-19-21-38(22-20-37)53(2,3)4)57(49)45-35-41(56(11,12)13)27-32-46(45)59(47)43-28-23-39(24-29-43)54(5,6)7/h14-35H,1-13H3. The second-order valence-corrected chi connectivity index (χ2v) is 21.6. The summed E-state index contributed by atoms with van der Waals surface area (Å²) in [6.07, 6.45) is 0. The Morgan fingerprint density at radius 2 is 0.902 bits per heavy atom. The van der Waals surface area contributed by atoms with E-state index in [0.717, 1.165) is 39.9 Å². The van der Waals surface area contributed by atoms with E-state index in [1.807, 2.05) is 0 Å². The van der Waals surface area contributed by atoms with E-state index in [-0.39, 0.29) is 28.4 Å². The van der Waals surface area contributed by atoms with Crippen LogP contribution in [0.5, 0.6) is 0 Å². The van der Waals surface area contributed by atoms with Gasteiger partial charge in [0, 0.05) is 39.7 Å². The van der Waals surface area contributed by atoms with Crippen molar-refractivity contribution in [3.63, 3.8) is 0 Å². The fourth-order valence-electron chi connectivity index (χ4n) is 9.30. The van der Waals surface area contributed by atoms with Gasteiger partial charge in [0.1, 0.15) is 11.6 Å². The van der Waals surface area contributed by atoms with Gasteiger partial charge in [-0.15, -0.1) is 0 Å². The first-order valence-electron chi connectivity index (χ1n) is 22.1. The molecular weight excluding hydrogens is 739 g/mol. The van der Waals surface area contributed by atoms with Gasteiger partial charge in [0.15, 0.2) is 0 Å². The molecular formula is C56H61BN4. The molecule has 0 aliphatic carbocycles. The molecule has 0 N–H and O–H groups in total. The van der Waals surface area contributed by atoms with Crippen molar-refractivity contribution in [2.75, 3.05) is 9.80 Å². The number of hydrogen-bond acceptors (Lipinski definition) is 3. The highest BCUT2D eigenvalue weighted by atomic mass is 15.3. The van der Waals surface area contributed by atoms with E-state index in [4.69, 9.17) is 4.98 Å². The minimum atomic E-state index is -0.120. The van der Waals surface area contributed by atoms with Gasteiger partial charge in [-0.1, -0.05) is 162 Å². The SMILES string of the molecule is Cc1cc2c3c(c1)N(c1ccc(C(C)(C)C)cc1)c1c(nc(-c4ccc(C(C)(C)C)cc4)n1-c1ccccc1)B3c1cc(C(C)(C)C)ccc1N2c1ccc(C(C)(C)C)cc1. The predicted octanol–water partition coefficient (Wildman–Crippen LogP) is 13.1. The monoisotopic (exact) mass is 800 g/mol. The zero-order chi connectivity index (χ0) is 43.4. The lowest BCUT2D eigenvalue weighted by Crippen LogP contribution is -2.62. The molecule has 0 unspecified atom stereocenters.